The first-order valence-electron chi connectivity index (χ1n) is 6.54. The van der Waals surface area contributed by atoms with E-state index < -0.39 is 11.7 Å². The molecule has 0 aliphatic carbocycles. The number of rotatable bonds is 5. The molecule has 0 aromatic heterocycles. The minimum atomic E-state index is -0.602. The van der Waals surface area contributed by atoms with Gasteiger partial charge in [0.05, 0.1) is 0 Å². The van der Waals surface area contributed by atoms with Gasteiger partial charge >= 0.3 is 0 Å². The largest absolute Gasteiger partial charge is 0.366 e. The van der Waals surface area contributed by atoms with Crippen LogP contribution >= 0.6 is 0 Å². The van der Waals surface area contributed by atoms with E-state index in [1.54, 1.807) is 12.1 Å². The molecule has 21 heavy (non-hydrogen) atoms. The van der Waals surface area contributed by atoms with Crippen LogP contribution in [0.4, 0.5) is 8.78 Å². The van der Waals surface area contributed by atoms with Crippen molar-refractivity contribution >= 4 is 5.91 Å². The van der Waals surface area contributed by atoms with Crippen molar-refractivity contribution in [3.05, 3.63) is 70.8 Å². The van der Waals surface area contributed by atoms with E-state index in [0.29, 0.717) is 5.56 Å². The van der Waals surface area contributed by atoms with Gasteiger partial charge in [0, 0.05) is 23.7 Å². The molecule has 0 heterocycles. The van der Waals surface area contributed by atoms with Crippen LogP contribution in [0.15, 0.2) is 42.5 Å². The summed E-state index contributed by atoms with van der Waals surface area (Å²) in [5, 5.41) is 3.09. The summed E-state index contributed by atoms with van der Waals surface area (Å²) in [5.41, 5.74) is 6.54. The molecule has 1 unspecified atom stereocenters. The molecule has 0 aliphatic rings. The van der Waals surface area contributed by atoms with Gasteiger partial charge in [-0.2, -0.15) is 0 Å². The third-order valence-electron chi connectivity index (χ3n) is 3.28. The fourth-order valence-electron chi connectivity index (χ4n) is 2.02. The van der Waals surface area contributed by atoms with Gasteiger partial charge in [0.2, 0.25) is 5.91 Å². The lowest BCUT2D eigenvalue weighted by Gasteiger charge is -2.15. The highest BCUT2D eigenvalue weighted by Crippen LogP contribution is 2.16. The maximum Gasteiger partial charge on any atom is 0.248 e. The van der Waals surface area contributed by atoms with Crippen molar-refractivity contribution in [2.45, 2.75) is 19.5 Å². The Morgan fingerprint density at radius 2 is 2.00 bits per heavy atom. The summed E-state index contributed by atoms with van der Waals surface area (Å²) in [4.78, 5) is 11.1. The molecule has 0 aliphatic heterocycles. The molecule has 110 valence electrons. The number of hydrogen-bond acceptors (Lipinski definition) is 2. The monoisotopic (exact) mass is 290 g/mol. The predicted molar refractivity (Wildman–Crippen MR) is 76.6 cm³/mol. The zero-order valence-corrected chi connectivity index (χ0v) is 11.6. The fourth-order valence-corrected chi connectivity index (χ4v) is 2.02. The minimum Gasteiger partial charge on any atom is -0.366 e. The Balaban J connectivity index is 2.09. The molecule has 0 fully saturated rings. The predicted octanol–water partition coefficient (Wildman–Crippen LogP) is 2.91. The van der Waals surface area contributed by atoms with Crippen molar-refractivity contribution in [1.29, 1.82) is 0 Å². The van der Waals surface area contributed by atoms with Gasteiger partial charge in [-0.05, 0) is 42.8 Å². The maximum absolute atomic E-state index is 13.7. The standard InChI is InChI=1S/C16H16F2N2O/c1-10(11-3-2-4-14(17)8-11)20-9-13-7-12(16(19)21)5-6-15(13)18/h2-8,10,20H,9H2,1H3,(H2,19,21). The summed E-state index contributed by atoms with van der Waals surface area (Å²) in [5.74, 6) is -1.34. The van der Waals surface area contributed by atoms with Gasteiger partial charge in [0.25, 0.3) is 0 Å². The molecular weight excluding hydrogens is 274 g/mol. The lowest BCUT2D eigenvalue weighted by Crippen LogP contribution is -2.20. The fraction of sp³-hybridized carbons (Fsp3) is 0.188. The minimum absolute atomic E-state index is 0.155. The van der Waals surface area contributed by atoms with Crippen LogP contribution < -0.4 is 11.1 Å². The molecular formula is C16H16F2N2O. The highest BCUT2D eigenvalue weighted by Gasteiger charge is 2.10. The number of carbonyl (C=O) groups excluding carboxylic acids is 1. The second-order valence-corrected chi connectivity index (χ2v) is 4.83. The lowest BCUT2D eigenvalue weighted by atomic mass is 10.1. The second-order valence-electron chi connectivity index (χ2n) is 4.83. The smallest absolute Gasteiger partial charge is 0.248 e. The van der Waals surface area contributed by atoms with Crippen LogP contribution in [0.3, 0.4) is 0 Å². The number of benzene rings is 2. The van der Waals surface area contributed by atoms with Gasteiger partial charge in [-0.3, -0.25) is 4.79 Å². The Bertz CT molecular complexity index is 658. The normalized spacial score (nSPS) is 12.1. The van der Waals surface area contributed by atoms with Crippen LogP contribution in [0.2, 0.25) is 0 Å². The molecule has 1 amide bonds. The van der Waals surface area contributed by atoms with Crippen LogP contribution in [-0.4, -0.2) is 5.91 Å². The van der Waals surface area contributed by atoms with E-state index in [1.165, 1.54) is 30.3 Å². The van der Waals surface area contributed by atoms with E-state index in [1.807, 2.05) is 6.92 Å². The average molecular weight is 290 g/mol. The summed E-state index contributed by atoms with van der Waals surface area (Å²) in [6.45, 7) is 2.06. The molecule has 2 aromatic carbocycles. The third kappa shape index (κ3) is 3.86. The van der Waals surface area contributed by atoms with Crippen LogP contribution in [0.5, 0.6) is 0 Å². The van der Waals surface area contributed by atoms with E-state index in [0.717, 1.165) is 5.56 Å². The van der Waals surface area contributed by atoms with Gasteiger partial charge in [0.15, 0.2) is 0 Å². The Labute approximate surface area is 121 Å². The molecule has 0 radical (unpaired) electrons. The van der Waals surface area contributed by atoms with Crippen molar-refractivity contribution in [2.75, 3.05) is 0 Å². The molecule has 1 atom stereocenters. The molecule has 2 aromatic rings. The molecule has 0 saturated carbocycles. The third-order valence-corrected chi connectivity index (χ3v) is 3.28. The number of nitrogens with two attached hydrogens (primary N) is 1. The van der Waals surface area contributed by atoms with Crippen molar-refractivity contribution in [1.82, 2.24) is 5.32 Å². The average Bonchev–Trinajstić information content (AvgIpc) is 2.45. The van der Waals surface area contributed by atoms with Crippen molar-refractivity contribution in [3.8, 4) is 0 Å². The Morgan fingerprint density at radius 3 is 2.67 bits per heavy atom. The van der Waals surface area contributed by atoms with E-state index in [9.17, 15) is 13.6 Å². The number of amides is 1. The molecule has 0 bridgehead atoms. The van der Waals surface area contributed by atoms with Crippen LogP contribution in [-0.2, 0) is 6.54 Å². The summed E-state index contributed by atoms with van der Waals surface area (Å²) in [7, 11) is 0. The Hall–Kier alpha value is -2.27. The van der Waals surface area contributed by atoms with E-state index >= 15 is 0 Å². The molecule has 5 heteroatoms. The molecule has 3 N–H and O–H groups in total. The topological polar surface area (TPSA) is 55.1 Å². The van der Waals surface area contributed by atoms with E-state index in [-0.39, 0.29) is 24.0 Å². The summed E-state index contributed by atoms with van der Waals surface area (Å²) in [6, 6.07) is 10.0. The number of carbonyl (C=O) groups is 1. The molecule has 0 saturated heterocycles. The van der Waals surface area contributed by atoms with Crippen LogP contribution in [0.1, 0.15) is 34.5 Å². The summed E-state index contributed by atoms with van der Waals surface area (Å²) >= 11 is 0. The zero-order chi connectivity index (χ0) is 15.4. The van der Waals surface area contributed by atoms with Crippen molar-refractivity contribution in [3.63, 3.8) is 0 Å². The number of primary amides is 1. The highest BCUT2D eigenvalue weighted by atomic mass is 19.1. The number of hydrogen-bond donors (Lipinski definition) is 2. The lowest BCUT2D eigenvalue weighted by molar-refractivity contribution is 0.1000. The van der Waals surface area contributed by atoms with Crippen LogP contribution in [0.25, 0.3) is 0 Å². The maximum atomic E-state index is 13.7. The Kier molecular flexibility index (Phi) is 4.65. The first-order valence-corrected chi connectivity index (χ1v) is 6.54. The van der Waals surface area contributed by atoms with Crippen molar-refractivity contribution in [2.24, 2.45) is 5.73 Å². The van der Waals surface area contributed by atoms with Gasteiger partial charge in [-0.15, -0.1) is 0 Å². The van der Waals surface area contributed by atoms with Gasteiger partial charge in [0.1, 0.15) is 11.6 Å². The first kappa shape index (κ1) is 15.1. The van der Waals surface area contributed by atoms with Gasteiger partial charge in [-0.25, -0.2) is 8.78 Å². The molecule has 0 spiro atoms. The zero-order valence-electron chi connectivity index (χ0n) is 11.6. The number of halogens is 2. The van der Waals surface area contributed by atoms with Crippen molar-refractivity contribution < 1.29 is 13.6 Å². The first-order chi connectivity index (χ1) is 9.97. The van der Waals surface area contributed by atoms with Gasteiger partial charge < -0.3 is 11.1 Å². The van der Waals surface area contributed by atoms with Gasteiger partial charge in [-0.1, -0.05) is 12.1 Å². The second kappa shape index (κ2) is 6.45. The summed E-state index contributed by atoms with van der Waals surface area (Å²) < 4.78 is 26.9. The quantitative estimate of drug-likeness (QED) is 0.889. The molecule has 2 rings (SSSR count). The number of nitrogens with one attached hydrogen (secondary N) is 1. The van der Waals surface area contributed by atoms with E-state index in [4.69, 9.17) is 5.73 Å². The van der Waals surface area contributed by atoms with E-state index in [2.05, 4.69) is 5.32 Å². The van der Waals surface area contributed by atoms with Crippen LogP contribution in [0, 0.1) is 11.6 Å². The molecule has 3 nitrogen and oxygen atoms in total. The highest BCUT2D eigenvalue weighted by molar-refractivity contribution is 5.92. The summed E-state index contributed by atoms with van der Waals surface area (Å²) in [6.07, 6.45) is 0. The SMILES string of the molecule is CC(NCc1cc(C(N)=O)ccc1F)c1cccc(F)c1. The Morgan fingerprint density at radius 1 is 1.24 bits per heavy atom.